The maximum absolute atomic E-state index is 12.0. The smallest absolute Gasteiger partial charge is 0.326 e. The first kappa shape index (κ1) is 22.3. The van der Waals surface area contributed by atoms with Gasteiger partial charge in [-0.2, -0.15) is 0 Å². The molecule has 29 heavy (non-hydrogen) atoms. The van der Waals surface area contributed by atoms with E-state index in [2.05, 4.69) is 21.3 Å². The summed E-state index contributed by atoms with van der Waals surface area (Å²) >= 11 is 11.6. The fourth-order valence-electron chi connectivity index (χ4n) is 2.33. The molecule has 8 nitrogen and oxygen atoms in total. The predicted octanol–water partition coefficient (Wildman–Crippen LogP) is 4.17. The van der Waals surface area contributed by atoms with Gasteiger partial charge in [0.2, 0.25) is 0 Å². The van der Waals surface area contributed by atoms with Crippen LogP contribution in [0.5, 0.6) is 0 Å². The van der Waals surface area contributed by atoms with Crippen LogP contribution in [0.15, 0.2) is 48.5 Å². The van der Waals surface area contributed by atoms with Crippen LogP contribution in [-0.2, 0) is 4.79 Å². The van der Waals surface area contributed by atoms with Gasteiger partial charge in [0.05, 0.1) is 0 Å². The average Bonchev–Trinajstić information content (AvgIpc) is 2.67. The minimum absolute atomic E-state index is 0.143. The number of benzene rings is 2. The maximum Gasteiger partial charge on any atom is 0.326 e. The number of carbonyl (C=O) groups is 3. The Balaban J connectivity index is 1.72. The average molecular weight is 439 g/mol. The predicted molar refractivity (Wildman–Crippen MR) is 113 cm³/mol. The summed E-state index contributed by atoms with van der Waals surface area (Å²) in [6, 6.07) is 10.9. The van der Waals surface area contributed by atoms with Crippen LogP contribution in [-0.4, -0.2) is 35.7 Å². The molecule has 0 aromatic heterocycles. The van der Waals surface area contributed by atoms with Crippen molar-refractivity contribution in [1.29, 1.82) is 0 Å². The number of halogens is 2. The molecule has 4 amide bonds. The maximum atomic E-state index is 12.0. The van der Waals surface area contributed by atoms with Crippen molar-refractivity contribution in [2.45, 2.75) is 18.9 Å². The molecule has 2 aromatic carbocycles. The van der Waals surface area contributed by atoms with E-state index in [1.54, 1.807) is 48.5 Å². The summed E-state index contributed by atoms with van der Waals surface area (Å²) in [4.78, 5) is 35.2. The molecule has 0 saturated carbocycles. The van der Waals surface area contributed by atoms with Crippen molar-refractivity contribution >= 4 is 52.6 Å². The van der Waals surface area contributed by atoms with E-state index >= 15 is 0 Å². The standard InChI is InChI=1S/C19H20Cl2N4O4/c20-12-3-7-14(8-4-12)23-18(28)22-11-1-2-16(17(26)27)25-19(29)24-15-9-5-13(21)6-10-15/h3-10,16H,1-2,11H2,(H,26,27)(H2,22,23,28)(H2,24,25,29). The second-order valence-electron chi connectivity index (χ2n) is 6.03. The lowest BCUT2D eigenvalue weighted by molar-refractivity contribution is -0.139. The van der Waals surface area contributed by atoms with E-state index in [1.165, 1.54) is 0 Å². The highest BCUT2D eigenvalue weighted by atomic mass is 35.5. The monoisotopic (exact) mass is 438 g/mol. The number of carboxylic acid groups (broad SMARTS) is 1. The molecule has 0 spiro atoms. The van der Waals surface area contributed by atoms with Gasteiger partial charge in [-0.25, -0.2) is 14.4 Å². The first-order chi connectivity index (χ1) is 13.8. The van der Waals surface area contributed by atoms with Gasteiger partial charge in [0.1, 0.15) is 6.04 Å². The van der Waals surface area contributed by atoms with Crippen molar-refractivity contribution in [1.82, 2.24) is 10.6 Å². The van der Waals surface area contributed by atoms with Crippen LogP contribution >= 0.6 is 23.2 Å². The Morgan fingerprint density at radius 1 is 0.828 bits per heavy atom. The van der Waals surface area contributed by atoms with Crippen molar-refractivity contribution in [3.8, 4) is 0 Å². The number of anilines is 2. The molecule has 0 radical (unpaired) electrons. The van der Waals surface area contributed by atoms with Crippen molar-refractivity contribution in [2.24, 2.45) is 0 Å². The summed E-state index contributed by atoms with van der Waals surface area (Å²) in [6.07, 6.45) is 0.497. The summed E-state index contributed by atoms with van der Waals surface area (Å²) in [7, 11) is 0. The Labute approximate surface area is 177 Å². The Hall–Kier alpha value is -2.97. The lowest BCUT2D eigenvalue weighted by atomic mass is 10.1. The van der Waals surface area contributed by atoms with Crippen LogP contribution in [0.25, 0.3) is 0 Å². The lowest BCUT2D eigenvalue weighted by Crippen LogP contribution is -2.43. The molecule has 0 aliphatic heterocycles. The van der Waals surface area contributed by atoms with Crippen LogP contribution in [0.1, 0.15) is 12.8 Å². The molecule has 1 atom stereocenters. The molecule has 0 aliphatic rings. The van der Waals surface area contributed by atoms with Gasteiger partial charge in [-0.1, -0.05) is 23.2 Å². The summed E-state index contributed by atoms with van der Waals surface area (Å²) in [5.74, 6) is -1.16. The van der Waals surface area contributed by atoms with Crippen LogP contribution in [0.2, 0.25) is 10.0 Å². The Bertz CT molecular complexity index is 844. The number of aliphatic carboxylic acids is 1. The van der Waals surface area contributed by atoms with E-state index in [9.17, 15) is 19.5 Å². The molecule has 1 unspecified atom stereocenters. The van der Waals surface area contributed by atoms with Gasteiger partial charge >= 0.3 is 18.0 Å². The molecule has 2 rings (SSSR count). The van der Waals surface area contributed by atoms with E-state index < -0.39 is 24.1 Å². The minimum Gasteiger partial charge on any atom is -0.480 e. The summed E-state index contributed by atoms with van der Waals surface area (Å²) in [5, 5.41) is 20.5. The second kappa shape index (κ2) is 11.1. The molecule has 0 aliphatic carbocycles. The minimum atomic E-state index is -1.16. The number of rotatable bonds is 8. The van der Waals surface area contributed by atoms with Crippen LogP contribution < -0.4 is 21.3 Å². The summed E-state index contributed by atoms with van der Waals surface area (Å²) in [5.41, 5.74) is 1.06. The normalized spacial score (nSPS) is 11.2. The lowest BCUT2D eigenvalue weighted by Gasteiger charge is -2.15. The van der Waals surface area contributed by atoms with E-state index in [0.29, 0.717) is 27.8 Å². The van der Waals surface area contributed by atoms with Crippen LogP contribution in [0, 0.1) is 0 Å². The third kappa shape index (κ3) is 8.28. The number of carboxylic acids is 1. The first-order valence-electron chi connectivity index (χ1n) is 8.70. The number of nitrogens with one attached hydrogen (secondary N) is 4. The van der Waals surface area contributed by atoms with Crippen LogP contribution in [0.4, 0.5) is 21.0 Å². The molecule has 5 N–H and O–H groups in total. The van der Waals surface area contributed by atoms with E-state index in [4.69, 9.17) is 23.2 Å². The molecule has 0 saturated heterocycles. The van der Waals surface area contributed by atoms with Gasteiger partial charge in [0.25, 0.3) is 0 Å². The van der Waals surface area contributed by atoms with Crippen molar-refractivity contribution in [3.63, 3.8) is 0 Å². The van der Waals surface area contributed by atoms with Crippen molar-refractivity contribution in [3.05, 3.63) is 58.6 Å². The Morgan fingerprint density at radius 2 is 1.31 bits per heavy atom. The molecule has 10 heteroatoms. The molecule has 0 fully saturated rings. The zero-order valence-corrected chi connectivity index (χ0v) is 16.8. The van der Waals surface area contributed by atoms with Gasteiger partial charge in [0.15, 0.2) is 0 Å². The van der Waals surface area contributed by atoms with Gasteiger partial charge in [0, 0.05) is 28.0 Å². The number of carbonyl (C=O) groups excluding carboxylic acids is 2. The number of hydrogen-bond donors (Lipinski definition) is 5. The molecular formula is C19H20Cl2N4O4. The number of amides is 4. The number of urea groups is 2. The van der Waals surface area contributed by atoms with Crippen LogP contribution in [0.3, 0.4) is 0 Å². The highest BCUT2D eigenvalue weighted by Crippen LogP contribution is 2.14. The Morgan fingerprint density at radius 3 is 1.79 bits per heavy atom. The summed E-state index contributed by atoms with van der Waals surface area (Å²) < 4.78 is 0. The van der Waals surface area contributed by atoms with Gasteiger partial charge in [-0.15, -0.1) is 0 Å². The van der Waals surface area contributed by atoms with Crippen molar-refractivity contribution in [2.75, 3.05) is 17.2 Å². The fourth-order valence-corrected chi connectivity index (χ4v) is 2.58. The molecular weight excluding hydrogens is 419 g/mol. The van der Waals surface area contributed by atoms with Gasteiger partial charge < -0.3 is 26.4 Å². The first-order valence-corrected chi connectivity index (χ1v) is 9.45. The van der Waals surface area contributed by atoms with E-state index in [0.717, 1.165) is 0 Å². The fraction of sp³-hybridized carbons (Fsp3) is 0.211. The molecule has 154 valence electrons. The largest absolute Gasteiger partial charge is 0.480 e. The molecule has 0 bridgehead atoms. The highest BCUT2D eigenvalue weighted by molar-refractivity contribution is 6.30. The summed E-state index contributed by atoms with van der Waals surface area (Å²) in [6.45, 7) is 0.240. The topological polar surface area (TPSA) is 120 Å². The SMILES string of the molecule is O=C(NCCCC(NC(=O)Nc1ccc(Cl)cc1)C(=O)O)Nc1ccc(Cl)cc1. The molecule has 2 aromatic rings. The Kier molecular flexibility index (Phi) is 8.57. The van der Waals surface area contributed by atoms with Gasteiger partial charge in [-0.3, -0.25) is 0 Å². The highest BCUT2D eigenvalue weighted by Gasteiger charge is 2.19. The van der Waals surface area contributed by atoms with E-state index in [1.807, 2.05) is 0 Å². The van der Waals surface area contributed by atoms with Gasteiger partial charge in [-0.05, 0) is 61.4 Å². The van der Waals surface area contributed by atoms with Crippen molar-refractivity contribution < 1.29 is 19.5 Å². The third-order valence-electron chi connectivity index (χ3n) is 3.76. The molecule has 0 heterocycles. The van der Waals surface area contributed by atoms with E-state index in [-0.39, 0.29) is 13.0 Å². The second-order valence-corrected chi connectivity index (χ2v) is 6.90. The third-order valence-corrected chi connectivity index (χ3v) is 4.27. The number of hydrogen-bond acceptors (Lipinski definition) is 3. The zero-order valence-electron chi connectivity index (χ0n) is 15.2. The quantitative estimate of drug-likeness (QED) is 0.397. The zero-order chi connectivity index (χ0) is 21.2.